The minimum absolute atomic E-state index is 0.0872. The van der Waals surface area contributed by atoms with E-state index in [-0.39, 0.29) is 6.10 Å². The van der Waals surface area contributed by atoms with E-state index in [0.29, 0.717) is 12.6 Å². The Morgan fingerprint density at radius 1 is 1.35 bits per heavy atom. The largest absolute Gasteiger partial charge is 0.367 e. The van der Waals surface area contributed by atoms with Gasteiger partial charge in [0.25, 0.3) is 0 Å². The van der Waals surface area contributed by atoms with Gasteiger partial charge in [0.1, 0.15) is 11.9 Å². The molecule has 0 spiro atoms. The van der Waals surface area contributed by atoms with Gasteiger partial charge in [-0.15, -0.1) is 5.10 Å². The van der Waals surface area contributed by atoms with Crippen molar-refractivity contribution < 1.29 is 4.74 Å². The van der Waals surface area contributed by atoms with Gasteiger partial charge in [-0.3, -0.25) is 10.00 Å². The molecule has 0 amide bonds. The maximum Gasteiger partial charge on any atom is 0.180 e. The molecule has 1 aliphatic carbocycles. The van der Waals surface area contributed by atoms with Gasteiger partial charge >= 0.3 is 0 Å². The van der Waals surface area contributed by atoms with E-state index in [0.717, 1.165) is 49.9 Å². The highest BCUT2D eigenvalue weighted by Gasteiger charge is 2.30. The molecule has 3 heterocycles. The average molecular weight is 318 g/mol. The molecule has 1 aliphatic heterocycles. The fourth-order valence-electron chi connectivity index (χ4n) is 2.92. The second-order valence-corrected chi connectivity index (χ2v) is 6.26. The molecule has 2 aliphatic rings. The number of tetrazole rings is 1. The number of ether oxygens (including phenoxy) is 1. The third-order valence-electron chi connectivity index (χ3n) is 4.29. The van der Waals surface area contributed by atoms with Crippen LogP contribution < -0.4 is 0 Å². The minimum Gasteiger partial charge on any atom is -0.367 e. The van der Waals surface area contributed by atoms with Crippen LogP contribution >= 0.6 is 0 Å². The van der Waals surface area contributed by atoms with Gasteiger partial charge in [-0.2, -0.15) is 5.10 Å². The summed E-state index contributed by atoms with van der Waals surface area (Å²) in [7, 11) is 0. The van der Waals surface area contributed by atoms with E-state index in [4.69, 9.17) is 4.74 Å². The summed E-state index contributed by atoms with van der Waals surface area (Å²) in [6, 6.07) is 0.501. The number of aryl methyl sites for hydroxylation is 1. The Labute approximate surface area is 134 Å². The van der Waals surface area contributed by atoms with Crippen molar-refractivity contribution in [2.45, 2.75) is 51.3 Å². The maximum atomic E-state index is 5.85. The van der Waals surface area contributed by atoms with E-state index in [1.807, 2.05) is 4.68 Å². The molecule has 9 heteroatoms. The zero-order valence-electron chi connectivity index (χ0n) is 13.4. The zero-order valence-corrected chi connectivity index (χ0v) is 13.4. The SMILES string of the molecule is CCCc1nc(C2CN(Cc3nnnn3C3CC3)CCO2)n[nH]1. The molecule has 0 radical (unpaired) electrons. The lowest BCUT2D eigenvalue weighted by Gasteiger charge is -2.31. The summed E-state index contributed by atoms with van der Waals surface area (Å²) in [5.41, 5.74) is 0. The Bertz CT molecular complexity index is 649. The number of nitrogens with zero attached hydrogens (tertiary/aromatic N) is 7. The Kier molecular flexibility index (Phi) is 4.04. The predicted molar refractivity (Wildman–Crippen MR) is 80.4 cm³/mol. The number of hydrogen-bond acceptors (Lipinski definition) is 7. The Hall–Kier alpha value is -1.87. The molecule has 0 aromatic carbocycles. The molecule has 2 aromatic rings. The van der Waals surface area contributed by atoms with Crippen molar-refractivity contribution >= 4 is 0 Å². The van der Waals surface area contributed by atoms with Crippen molar-refractivity contribution in [2.24, 2.45) is 0 Å². The van der Waals surface area contributed by atoms with Crippen molar-refractivity contribution in [3.63, 3.8) is 0 Å². The third-order valence-corrected chi connectivity index (χ3v) is 4.29. The van der Waals surface area contributed by atoms with E-state index < -0.39 is 0 Å². The van der Waals surface area contributed by atoms with Crippen molar-refractivity contribution in [2.75, 3.05) is 19.7 Å². The van der Waals surface area contributed by atoms with Gasteiger partial charge < -0.3 is 4.74 Å². The molecule has 4 rings (SSSR count). The normalized spacial score (nSPS) is 22.6. The highest BCUT2D eigenvalue weighted by molar-refractivity contribution is 4.98. The molecule has 124 valence electrons. The first-order chi connectivity index (χ1) is 11.3. The molecule has 1 saturated carbocycles. The lowest BCUT2D eigenvalue weighted by atomic mass is 10.2. The highest BCUT2D eigenvalue weighted by atomic mass is 16.5. The Morgan fingerprint density at radius 3 is 3.09 bits per heavy atom. The average Bonchev–Trinajstić information content (AvgIpc) is 3.12. The first-order valence-corrected chi connectivity index (χ1v) is 8.35. The second kappa shape index (κ2) is 6.32. The van der Waals surface area contributed by atoms with Gasteiger partial charge in [-0.1, -0.05) is 6.92 Å². The van der Waals surface area contributed by atoms with Crippen LogP contribution in [0.25, 0.3) is 0 Å². The first-order valence-electron chi connectivity index (χ1n) is 8.35. The van der Waals surface area contributed by atoms with Crippen molar-refractivity contribution in [3.8, 4) is 0 Å². The van der Waals surface area contributed by atoms with Crippen LogP contribution in [0.15, 0.2) is 0 Å². The monoisotopic (exact) mass is 318 g/mol. The lowest BCUT2D eigenvalue weighted by molar-refractivity contribution is -0.0381. The number of hydrogen-bond donors (Lipinski definition) is 1. The molecule has 9 nitrogen and oxygen atoms in total. The van der Waals surface area contributed by atoms with Crippen LogP contribution in [0, 0.1) is 0 Å². The number of nitrogens with one attached hydrogen (secondary N) is 1. The zero-order chi connectivity index (χ0) is 15.6. The van der Waals surface area contributed by atoms with Crippen molar-refractivity contribution in [1.29, 1.82) is 0 Å². The molecule has 2 aromatic heterocycles. The summed E-state index contributed by atoms with van der Waals surface area (Å²) in [6.07, 6.45) is 4.24. The quantitative estimate of drug-likeness (QED) is 0.835. The number of aromatic nitrogens is 7. The van der Waals surface area contributed by atoms with E-state index in [9.17, 15) is 0 Å². The number of rotatable bonds is 6. The van der Waals surface area contributed by atoms with Crippen molar-refractivity contribution in [1.82, 2.24) is 40.3 Å². The topological polar surface area (TPSA) is 97.6 Å². The van der Waals surface area contributed by atoms with Crippen LogP contribution in [-0.4, -0.2) is 60.0 Å². The summed E-state index contributed by atoms with van der Waals surface area (Å²) in [6.45, 7) is 5.19. The molecular weight excluding hydrogens is 296 g/mol. The molecule has 1 saturated heterocycles. The Balaban J connectivity index is 1.41. The molecule has 1 N–H and O–H groups in total. The van der Waals surface area contributed by atoms with E-state index in [1.165, 1.54) is 12.8 Å². The Morgan fingerprint density at radius 2 is 2.26 bits per heavy atom. The van der Waals surface area contributed by atoms with Gasteiger partial charge in [0.15, 0.2) is 11.6 Å². The lowest BCUT2D eigenvalue weighted by Crippen LogP contribution is -2.38. The molecule has 1 unspecified atom stereocenters. The number of aromatic amines is 1. The summed E-state index contributed by atoms with van der Waals surface area (Å²) >= 11 is 0. The number of H-pyrrole nitrogens is 1. The van der Waals surface area contributed by atoms with Crippen LogP contribution in [0.2, 0.25) is 0 Å². The maximum absolute atomic E-state index is 5.85. The van der Waals surface area contributed by atoms with Crippen LogP contribution in [0.3, 0.4) is 0 Å². The summed E-state index contributed by atoms with van der Waals surface area (Å²) in [5, 5.41) is 19.4. The minimum atomic E-state index is -0.0872. The highest BCUT2D eigenvalue weighted by Crippen LogP contribution is 2.34. The third kappa shape index (κ3) is 3.25. The van der Waals surface area contributed by atoms with Gasteiger partial charge in [0, 0.05) is 19.5 Å². The van der Waals surface area contributed by atoms with Crippen molar-refractivity contribution in [3.05, 3.63) is 17.5 Å². The summed E-state index contributed by atoms with van der Waals surface area (Å²) in [4.78, 5) is 6.86. The molecule has 2 fully saturated rings. The molecular formula is C14H22N8O. The van der Waals surface area contributed by atoms with E-state index in [1.54, 1.807) is 0 Å². The van der Waals surface area contributed by atoms with Crippen LogP contribution in [0.5, 0.6) is 0 Å². The van der Waals surface area contributed by atoms with Gasteiger partial charge in [0.05, 0.1) is 19.2 Å². The van der Waals surface area contributed by atoms with E-state index >= 15 is 0 Å². The van der Waals surface area contributed by atoms with Crippen LogP contribution in [0.4, 0.5) is 0 Å². The molecule has 1 atom stereocenters. The second-order valence-electron chi connectivity index (χ2n) is 6.26. The van der Waals surface area contributed by atoms with Crippen LogP contribution in [-0.2, 0) is 17.7 Å². The van der Waals surface area contributed by atoms with Crippen LogP contribution in [0.1, 0.15) is 55.8 Å². The fraction of sp³-hybridized carbons (Fsp3) is 0.786. The standard InChI is InChI=1S/C14H22N8O/c1-2-3-12-15-14(18-16-12)11-8-21(6-7-23-11)9-13-17-19-20-22(13)10-4-5-10/h10-11H,2-9H2,1H3,(H,15,16,18). The van der Waals surface area contributed by atoms with Gasteiger partial charge in [0.2, 0.25) is 0 Å². The summed E-state index contributed by atoms with van der Waals surface area (Å²) < 4.78 is 7.82. The fourth-order valence-corrected chi connectivity index (χ4v) is 2.92. The van der Waals surface area contributed by atoms with Gasteiger partial charge in [-0.05, 0) is 29.7 Å². The predicted octanol–water partition coefficient (Wildman–Crippen LogP) is 0.652. The number of morpholine rings is 1. The van der Waals surface area contributed by atoms with Gasteiger partial charge in [-0.25, -0.2) is 9.67 Å². The van der Waals surface area contributed by atoms with E-state index in [2.05, 4.69) is 42.5 Å². The summed E-state index contributed by atoms with van der Waals surface area (Å²) in [5.74, 6) is 2.62. The smallest absolute Gasteiger partial charge is 0.180 e. The molecule has 23 heavy (non-hydrogen) atoms. The molecule has 0 bridgehead atoms. The first kappa shape index (κ1) is 14.7.